The van der Waals surface area contributed by atoms with Gasteiger partial charge in [-0.1, -0.05) is 19.8 Å². The van der Waals surface area contributed by atoms with Crippen molar-refractivity contribution in [1.82, 2.24) is 5.32 Å². The van der Waals surface area contributed by atoms with Crippen LogP contribution in [0, 0.1) is 0 Å². The Morgan fingerprint density at radius 2 is 2.27 bits per heavy atom. The van der Waals surface area contributed by atoms with Gasteiger partial charge in [-0.05, 0) is 19.3 Å². The van der Waals surface area contributed by atoms with Crippen molar-refractivity contribution in [3.05, 3.63) is 0 Å². The van der Waals surface area contributed by atoms with E-state index < -0.39 is 0 Å². The highest BCUT2D eigenvalue weighted by molar-refractivity contribution is 4.78. The zero-order valence-electron chi connectivity index (χ0n) is 7.47. The van der Waals surface area contributed by atoms with Crippen LogP contribution in [0.3, 0.4) is 0 Å². The second kappa shape index (κ2) is 4.73. The molecule has 1 unspecified atom stereocenters. The fraction of sp³-hybridized carbons (Fsp3) is 1.00. The van der Waals surface area contributed by atoms with Crippen LogP contribution in [0.15, 0.2) is 0 Å². The lowest BCUT2D eigenvalue weighted by Gasteiger charge is -2.27. The van der Waals surface area contributed by atoms with Crippen LogP contribution in [0.2, 0.25) is 0 Å². The summed E-state index contributed by atoms with van der Waals surface area (Å²) in [5, 5.41) is 3.48. The van der Waals surface area contributed by atoms with Crippen molar-refractivity contribution in [2.75, 3.05) is 6.54 Å². The molecule has 0 bridgehead atoms. The Bertz CT molecular complexity index is 99.7. The van der Waals surface area contributed by atoms with Gasteiger partial charge in [-0.25, -0.2) is 0 Å². The van der Waals surface area contributed by atoms with Crippen LogP contribution < -0.4 is 11.1 Å². The van der Waals surface area contributed by atoms with Crippen molar-refractivity contribution in [3.8, 4) is 0 Å². The van der Waals surface area contributed by atoms with Gasteiger partial charge in [0, 0.05) is 18.6 Å². The molecule has 0 aromatic heterocycles. The Morgan fingerprint density at radius 1 is 1.55 bits per heavy atom. The van der Waals surface area contributed by atoms with Crippen molar-refractivity contribution >= 4 is 0 Å². The highest BCUT2D eigenvalue weighted by Gasteiger charge is 2.16. The zero-order valence-corrected chi connectivity index (χ0v) is 7.47. The summed E-state index contributed by atoms with van der Waals surface area (Å²) in [7, 11) is 0. The molecule has 0 aromatic carbocycles. The standard InChI is InChI=1S/C9H20N2/c1-2-4-8(10)7-11-9-5-3-6-9/h8-9,11H,2-7,10H2,1H3. The molecule has 11 heavy (non-hydrogen) atoms. The van der Waals surface area contributed by atoms with E-state index in [0.717, 1.165) is 19.0 Å². The van der Waals surface area contributed by atoms with E-state index in [0.29, 0.717) is 6.04 Å². The van der Waals surface area contributed by atoms with Crippen molar-refractivity contribution in [1.29, 1.82) is 0 Å². The second-order valence-corrected chi connectivity index (χ2v) is 3.58. The van der Waals surface area contributed by atoms with Crippen LogP contribution in [0.4, 0.5) is 0 Å². The lowest BCUT2D eigenvalue weighted by molar-refractivity contribution is 0.329. The highest BCUT2D eigenvalue weighted by atomic mass is 14.9. The van der Waals surface area contributed by atoms with E-state index in [1.165, 1.54) is 25.7 Å². The average Bonchev–Trinajstić information content (AvgIpc) is 1.85. The van der Waals surface area contributed by atoms with E-state index in [1.807, 2.05) is 0 Å². The Morgan fingerprint density at radius 3 is 2.73 bits per heavy atom. The summed E-state index contributed by atoms with van der Waals surface area (Å²) >= 11 is 0. The molecule has 0 amide bonds. The van der Waals surface area contributed by atoms with Crippen LogP contribution in [-0.4, -0.2) is 18.6 Å². The molecule has 0 spiro atoms. The predicted molar refractivity (Wildman–Crippen MR) is 48.5 cm³/mol. The maximum atomic E-state index is 5.85. The Balaban J connectivity index is 1.92. The first-order valence-electron chi connectivity index (χ1n) is 4.82. The van der Waals surface area contributed by atoms with E-state index in [4.69, 9.17) is 5.73 Å². The third-order valence-corrected chi connectivity index (χ3v) is 2.43. The molecule has 0 aromatic rings. The molecule has 2 heteroatoms. The highest BCUT2D eigenvalue weighted by Crippen LogP contribution is 2.17. The van der Waals surface area contributed by atoms with Gasteiger partial charge in [-0.3, -0.25) is 0 Å². The van der Waals surface area contributed by atoms with Gasteiger partial charge in [-0.15, -0.1) is 0 Å². The number of rotatable bonds is 5. The minimum Gasteiger partial charge on any atom is -0.327 e. The molecule has 3 N–H and O–H groups in total. The molecule has 0 radical (unpaired) electrons. The first-order valence-corrected chi connectivity index (χ1v) is 4.82. The second-order valence-electron chi connectivity index (χ2n) is 3.58. The van der Waals surface area contributed by atoms with Gasteiger partial charge in [0.2, 0.25) is 0 Å². The molecule has 1 aliphatic rings. The number of hydrogen-bond acceptors (Lipinski definition) is 2. The summed E-state index contributed by atoms with van der Waals surface area (Å²) in [6.45, 7) is 3.20. The van der Waals surface area contributed by atoms with Crippen LogP contribution in [-0.2, 0) is 0 Å². The van der Waals surface area contributed by atoms with Crippen molar-refractivity contribution in [2.24, 2.45) is 5.73 Å². The largest absolute Gasteiger partial charge is 0.327 e. The Labute approximate surface area is 69.5 Å². The van der Waals surface area contributed by atoms with Gasteiger partial charge < -0.3 is 11.1 Å². The van der Waals surface area contributed by atoms with E-state index in [2.05, 4.69) is 12.2 Å². The van der Waals surface area contributed by atoms with Crippen molar-refractivity contribution < 1.29 is 0 Å². The normalized spacial score (nSPS) is 21.3. The summed E-state index contributed by atoms with van der Waals surface area (Å²) in [5.41, 5.74) is 5.85. The maximum absolute atomic E-state index is 5.85. The van der Waals surface area contributed by atoms with Crippen LogP contribution in [0.1, 0.15) is 39.0 Å². The number of hydrogen-bond donors (Lipinski definition) is 2. The van der Waals surface area contributed by atoms with Gasteiger partial charge in [0.1, 0.15) is 0 Å². The van der Waals surface area contributed by atoms with Gasteiger partial charge >= 0.3 is 0 Å². The van der Waals surface area contributed by atoms with E-state index in [1.54, 1.807) is 0 Å². The van der Waals surface area contributed by atoms with Crippen molar-refractivity contribution in [2.45, 2.75) is 51.1 Å². The number of nitrogens with two attached hydrogens (primary N) is 1. The number of nitrogens with one attached hydrogen (secondary N) is 1. The Hall–Kier alpha value is -0.0800. The maximum Gasteiger partial charge on any atom is 0.0165 e. The molecular weight excluding hydrogens is 136 g/mol. The zero-order chi connectivity index (χ0) is 8.10. The summed E-state index contributed by atoms with van der Waals surface area (Å²) in [4.78, 5) is 0. The molecule has 0 saturated heterocycles. The SMILES string of the molecule is CCCC(N)CNC1CCC1. The van der Waals surface area contributed by atoms with Gasteiger partial charge in [-0.2, -0.15) is 0 Å². The third-order valence-electron chi connectivity index (χ3n) is 2.43. The third kappa shape index (κ3) is 3.21. The molecule has 1 saturated carbocycles. The van der Waals surface area contributed by atoms with Crippen LogP contribution >= 0.6 is 0 Å². The molecule has 1 fully saturated rings. The molecule has 2 nitrogen and oxygen atoms in total. The van der Waals surface area contributed by atoms with Crippen molar-refractivity contribution in [3.63, 3.8) is 0 Å². The molecular formula is C9H20N2. The van der Waals surface area contributed by atoms with Crippen LogP contribution in [0.5, 0.6) is 0 Å². The predicted octanol–water partition coefficient (Wildman–Crippen LogP) is 1.26. The molecule has 0 heterocycles. The first kappa shape index (κ1) is 9.01. The Kier molecular flexibility index (Phi) is 3.87. The van der Waals surface area contributed by atoms with Gasteiger partial charge in [0.25, 0.3) is 0 Å². The molecule has 66 valence electrons. The lowest BCUT2D eigenvalue weighted by Crippen LogP contribution is -2.42. The monoisotopic (exact) mass is 156 g/mol. The van der Waals surface area contributed by atoms with Crippen LogP contribution in [0.25, 0.3) is 0 Å². The average molecular weight is 156 g/mol. The lowest BCUT2D eigenvalue weighted by atomic mass is 9.93. The minimum atomic E-state index is 0.376. The molecule has 1 atom stereocenters. The topological polar surface area (TPSA) is 38.0 Å². The molecule has 1 aliphatic carbocycles. The van der Waals surface area contributed by atoms with E-state index >= 15 is 0 Å². The van der Waals surface area contributed by atoms with Gasteiger partial charge in [0.05, 0.1) is 0 Å². The minimum absolute atomic E-state index is 0.376. The molecule has 1 rings (SSSR count). The quantitative estimate of drug-likeness (QED) is 0.629. The summed E-state index contributed by atoms with van der Waals surface area (Å²) in [5.74, 6) is 0. The first-order chi connectivity index (χ1) is 5.33. The van der Waals surface area contributed by atoms with E-state index in [9.17, 15) is 0 Å². The van der Waals surface area contributed by atoms with E-state index in [-0.39, 0.29) is 0 Å². The van der Waals surface area contributed by atoms with Gasteiger partial charge in [0.15, 0.2) is 0 Å². The summed E-state index contributed by atoms with van der Waals surface area (Å²) in [6, 6.07) is 1.17. The summed E-state index contributed by atoms with van der Waals surface area (Å²) < 4.78 is 0. The fourth-order valence-electron chi connectivity index (χ4n) is 1.40. The summed E-state index contributed by atoms with van der Waals surface area (Å²) in [6.07, 6.45) is 6.48. The smallest absolute Gasteiger partial charge is 0.0165 e. The fourth-order valence-corrected chi connectivity index (χ4v) is 1.40. The molecule has 0 aliphatic heterocycles.